The van der Waals surface area contributed by atoms with E-state index in [9.17, 15) is 9.59 Å². The van der Waals surface area contributed by atoms with E-state index in [2.05, 4.69) is 17.6 Å². The fourth-order valence-corrected chi connectivity index (χ4v) is 4.64. The molecule has 2 amide bonds. The Morgan fingerprint density at radius 2 is 2.00 bits per heavy atom. The summed E-state index contributed by atoms with van der Waals surface area (Å²) in [4.78, 5) is 26.6. The van der Waals surface area contributed by atoms with Crippen molar-refractivity contribution < 1.29 is 9.59 Å². The molecule has 2 N–H and O–H groups in total. The van der Waals surface area contributed by atoms with Gasteiger partial charge in [0.05, 0.1) is 5.56 Å². The molecule has 2 aromatic rings. The van der Waals surface area contributed by atoms with Gasteiger partial charge in [-0.05, 0) is 55.9 Å². The number of thiophene rings is 1. The maximum absolute atomic E-state index is 12.8. The van der Waals surface area contributed by atoms with Crippen LogP contribution in [-0.4, -0.2) is 18.4 Å². The molecule has 4 nitrogen and oxygen atoms in total. The van der Waals surface area contributed by atoms with E-state index in [-0.39, 0.29) is 11.8 Å². The second-order valence-electron chi connectivity index (χ2n) is 6.49. The van der Waals surface area contributed by atoms with Crippen LogP contribution in [0.4, 0.5) is 5.00 Å². The second-order valence-corrected chi connectivity index (χ2v) is 8.03. The van der Waals surface area contributed by atoms with Crippen LogP contribution in [0.25, 0.3) is 0 Å². The van der Waals surface area contributed by atoms with E-state index >= 15 is 0 Å². The molecule has 6 heteroatoms. The Morgan fingerprint density at radius 3 is 2.77 bits per heavy atom. The topological polar surface area (TPSA) is 58.2 Å². The molecule has 0 saturated carbocycles. The molecule has 0 bridgehead atoms. The molecule has 0 unspecified atom stereocenters. The molecule has 0 radical (unpaired) electrons. The molecule has 3 rings (SSSR count). The Balaban J connectivity index is 1.87. The highest BCUT2D eigenvalue weighted by atomic mass is 35.5. The lowest BCUT2D eigenvalue weighted by molar-refractivity contribution is 0.0953. The number of halogens is 1. The zero-order valence-electron chi connectivity index (χ0n) is 14.9. The SMILES string of the molecule is CCCCNC(=O)c1c(NC(=O)c2cccc(Cl)c2)sc2c1CCCC2. The van der Waals surface area contributed by atoms with Crippen molar-refractivity contribution in [2.24, 2.45) is 0 Å². The molecule has 0 atom stereocenters. The summed E-state index contributed by atoms with van der Waals surface area (Å²) in [6.45, 7) is 2.75. The van der Waals surface area contributed by atoms with Crippen LogP contribution in [0.2, 0.25) is 5.02 Å². The number of amides is 2. The lowest BCUT2D eigenvalue weighted by atomic mass is 9.95. The number of unbranched alkanes of at least 4 members (excludes halogenated alkanes) is 1. The van der Waals surface area contributed by atoms with Crippen molar-refractivity contribution in [1.29, 1.82) is 0 Å². The quantitative estimate of drug-likeness (QED) is 0.677. The minimum absolute atomic E-state index is 0.0840. The number of hydrogen-bond donors (Lipinski definition) is 2. The number of carbonyl (C=O) groups excluding carboxylic acids is 2. The third-order valence-electron chi connectivity index (χ3n) is 4.53. The molecule has 26 heavy (non-hydrogen) atoms. The van der Waals surface area contributed by atoms with Crippen molar-refractivity contribution in [3.63, 3.8) is 0 Å². The van der Waals surface area contributed by atoms with E-state index in [0.717, 1.165) is 44.1 Å². The van der Waals surface area contributed by atoms with Crippen LogP contribution in [0.5, 0.6) is 0 Å². The average Bonchev–Trinajstić information content (AvgIpc) is 2.99. The van der Waals surface area contributed by atoms with Crippen molar-refractivity contribution in [2.45, 2.75) is 45.4 Å². The van der Waals surface area contributed by atoms with Gasteiger partial charge < -0.3 is 10.6 Å². The van der Waals surface area contributed by atoms with Gasteiger partial charge in [-0.25, -0.2) is 0 Å². The number of fused-ring (bicyclic) bond motifs is 1. The fourth-order valence-electron chi connectivity index (χ4n) is 3.17. The first-order chi connectivity index (χ1) is 12.6. The lowest BCUT2D eigenvalue weighted by Crippen LogP contribution is -2.26. The zero-order chi connectivity index (χ0) is 18.5. The van der Waals surface area contributed by atoms with Crippen molar-refractivity contribution in [1.82, 2.24) is 5.32 Å². The first-order valence-electron chi connectivity index (χ1n) is 9.09. The number of carbonyl (C=O) groups is 2. The van der Waals surface area contributed by atoms with Gasteiger partial charge in [-0.15, -0.1) is 11.3 Å². The number of anilines is 1. The Hall–Kier alpha value is -1.85. The van der Waals surface area contributed by atoms with Gasteiger partial charge in [-0.1, -0.05) is 31.0 Å². The molecular formula is C20H23ClN2O2S. The van der Waals surface area contributed by atoms with E-state index in [0.29, 0.717) is 27.7 Å². The minimum Gasteiger partial charge on any atom is -0.352 e. The monoisotopic (exact) mass is 390 g/mol. The summed E-state index contributed by atoms with van der Waals surface area (Å²) in [6, 6.07) is 6.82. The highest BCUT2D eigenvalue weighted by Crippen LogP contribution is 2.38. The molecule has 1 heterocycles. The normalized spacial score (nSPS) is 13.2. The van der Waals surface area contributed by atoms with Crippen LogP contribution in [0.3, 0.4) is 0 Å². The highest BCUT2D eigenvalue weighted by Gasteiger charge is 2.26. The summed E-state index contributed by atoms with van der Waals surface area (Å²) in [5.74, 6) is -0.326. The molecule has 0 aliphatic heterocycles. The smallest absolute Gasteiger partial charge is 0.256 e. The molecule has 0 spiro atoms. The van der Waals surface area contributed by atoms with Crippen molar-refractivity contribution in [3.05, 3.63) is 50.9 Å². The Morgan fingerprint density at radius 1 is 1.19 bits per heavy atom. The number of benzene rings is 1. The Bertz CT molecular complexity index is 816. The van der Waals surface area contributed by atoms with Gasteiger partial charge in [0.1, 0.15) is 5.00 Å². The maximum Gasteiger partial charge on any atom is 0.256 e. The number of aryl methyl sites for hydroxylation is 1. The van der Waals surface area contributed by atoms with Crippen molar-refractivity contribution >= 4 is 39.8 Å². The average molecular weight is 391 g/mol. The van der Waals surface area contributed by atoms with E-state index in [1.165, 1.54) is 16.2 Å². The van der Waals surface area contributed by atoms with Gasteiger partial charge in [0.15, 0.2) is 0 Å². The third-order valence-corrected chi connectivity index (χ3v) is 5.97. The second kappa shape index (κ2) is 8.69. The van der Waals surface area contributed by atoms with E-state index < -0.39 is 0 Å². The lowest BCUT2D eigenvalue weighted by Gasteiger charge is -2.13. The summed E-state index contributed by atoms with van der Waals surface area (Å²) in [5, 5.41) is 7.10. The molecule has 0 fully saturated rings. The third kappa shape index (κ3) is 4.27. The summed E-state index contributed by atoms with van der Waals surface area (Å²) in [5.41, 5.74) is 2.24. The molecular weight excluding hydrogens is 368 g/mol. The van der Waals surface area contributed by atoms with Crippen LogP contribution < -0.4 is 10.6 Å². The fraction of sp³-hybridized carbons (Fsp3) is 0.400. The van der Waals surface area contributed by atoms with Crippen molar-refractivity contribution in [3.8, 4) is 0 Å². The van der Waals surface area contributed by atoms with Gasteiger partial charge >= 0.3 is 0 Å². The van der Waals surface area contributed by atoms with E-state index in [1.54, 1.807) is 24.3 Å². The number of hydrogen-bond acceptors (Lipinski definition) is 3. The van der Waals surface area contributed by atoms with Crippen LogP contribution in [0.1, 0.15) is 63.8 Å². The molecule has 138 valence electrons. The molecule has 1 aliphatic rings. The number of nitrogens with one attached hydrogen (secondary N) is 2. The summed E-state index contributed by atoms with van der Waals surface area (Å²) in [7, 11) is 0. The summed E-state index contributed by atoms with van der Waals surface area (Å²) in [6.07, 6.45) is 6.06. The van der Waals surface area contributed by atoms with E-state index in [4.69, 9.17) is 11.6 Å². The van der Waals surface area contributed by atoms with Gasteiger partial charge in [0.2, 0.25) is 0 Å². The van der Waals surface area contributed by atoms with Crippen molar-refractivity contribution in [2.75, 3.05) is 11.9 Å². The summed E-state index contributed by atoms with van der Waals surface area (Å²) >= 11 is 7.52. The van der Waals surface area contributed by atoms with Crippen LogP contribution in [0.15, 0.2) is 24.3 Å². The van der Waals surface area contributed by atoms with Gasteiger partial charge in [0.25, 0.3) is 11.8 Å². The van der Waals surface area contributed by atoms with Crippen LogP contribution in [-0.2, 0) is 12.8 Å². The maximum atomic E-state index is 12.8. The predicted molar refractivity (Wildman–Crippen MR) is 108 cm³/mol. The first kappa shape index (κ1) is 18.9. The predicted octanol–water partition coefficient (Wildman–Crippen LogP) is 5.06. The van der Waals surface area contributed by atoms with Gasteiger partial charge in [-0.2, -0.15) is 0 Å². The standard InChI is InChI=1S/C20H23ClN2O2S/c1-2-3-11-22-19(25)17-15-9-4-5-10-16(15)26-20(17)23-18(24)13-7-6-8-14(21)12-13/h6-8,12H,2-5,9-11H2,1H3,(H,22,25)(H,23,24). The van der Waals surface area contributed by atoms with Gasteiger partial charge in [0, 0.05) is 22.0 Å². The van der Waals surface area contributed by atoms with Crippen LogP contribution >= 0.6 is 22.9 Å². The Kier molecular flexibility index (Phi) is 6.33. The molecule has 1 aromatic carbocycles. The van der Waals surface area contributed by atoms with Gasteiger partial charge in [-0.3, -0.25) is 9.59 Å². The number of rotatable bonds is 6. The van der Waals surface area contributed by atoms with Crippen LogP contribution in [0, 0.1) is 0 Å². The highest BCUT2D eigenvalue weighted by molar-refractivity contribution is 7.17. The zero-order valence-corrected chi connectivity index (χ0v) is 16.4. The summed E-state index contributed by atoms with van der Waals surface area (Å²) < 4.78 is 0. The molecule has 1 aliphatic carbocycles. The minimum atomic E-state index is -0.242. The Labute approximate surface area is 162 Å². The van der Waals surface area contributed by atoms with E-state index in [1.807, 2.05) is 0 Å². The largest absolute Gasteiger partial charge is 0.352 e. The molecule has 0 saturated heterocycles. The first-order valence-corrected chi connectivity index (χ1v) is 10.3. The molecule has 1 aromatic heterocycles.